The summed E-state index contributed by atoms with van der Waals surface area (Å²) >= 11 is 0. The third-order valence-corrected chi connectivity index (χ3v) is 7.06. The van der Waals surface area contributed by atoms with Gasteiger partial charge in [-0.3, -0.25) is 9.78 Å². The van der Waals surface area contributed by atoms with Crippen LogP contribution in [0.5, 0.6) is 0 Å². The summed E-state index contributed by atoms with van der Waals surface area (Å²) in [5.74, 6) is -1.00. The van der Waals surface area contributed by atoms with Gasteiger partial charge in [0, 0.05) is 34.5 Å². The Labute approximate surface area is 205 Å². The molecule has 1 aromatic carbocycles. The van der Waals surface area contributed by atoms with Crippen LogP contribution in [0.2, 0.25) is 0 Å². The molecule has 0 bridgehead atoms. The standard InChI is InChI=1S/C26H25F4N5O/c1-5-25(15-8-6-7-14(10-15)16-9-13(2)31-12-17(16)27)19-18(11-24(3,4)33-23(19)36)32-22-20(25)21(34-35-22)26(28,29)30/h6-10,12,22,32H,5,11H2,1-4H3,(H,33,36). The minimum Gasteiger partial charge on any atom is -0.362 e. The minimum atomic E-state index is -4.77. The summed E-state index contributed by atoms with van der Waals surface area (Å²) in [5.41, 5.74) is -0.773. The molecule has 6 nitrogen and oxygen atoms in total. The number of carbonyl (C=O) groups is 1. The highest BCUT2D eigenvalue weighted by Gasteiger charge is 2.57. The fourth-order valence-electron chi connectivity index (χ4n) is 5.65. The normalized spacial score (nSPS) is 24.9. The number of halogens is 4. The summed E-state index contributed by atoms with van der Waals surface area (Å²) in [6, 6.07) is 8.26. The zero-order chi connectivity index (χ0) is 26.0. The number of carbonyl (C=O) groups excluding carboxylic acids is 1. The summed E-state index contributed by atoms with van der Waals surface area (Å²) in [7, 11) is 0. The molecule has 0 fully saturated rings. The average Bonchev–Trinajstić information content (AvgIpc) is 3.23. The van der Waals surface area contributed by atoms with E-state index in [1.807, 2.05) is 13.8 Å². The third kappa shape index (κ3) is 3.61. The molecule has 4 heterocycles. The van der Waals surface area contributed by atoms with E-state index in [-0.39, 0.29) is 23.1 Å². The second kappa shape index (κ2) is 7.97. The molecule has 2 unspecified atom stereocenters. The van der Waals surface area contributed by atoms with Crippen LogP contribution in [0, 0.1) is 12.7 Å². The van der Waals surface area contributed by atoms with Gasteiger partial charge >= 0.3 is 6.18 Å². The van der Waals surface area contributed by atoms with Crippen LogP contribution in [0.4, 0.5) is 17.6 Å². The number of fused-ring (bicyclic) bond motifs is 1. The molecule has 2 atom stereocenters. The zero-order valence-electron chi connectivity index (χ0n) is 20.2. The lowest BCUT2D eigenvalue weighted by Gasteiger charge is -2.48. The van der Waals surface area contributed by atoms with Gasteiger partial charge in [0.2, 0.25) is 0 Å². The van der Waals surface area contributed by atoms with Crippen molar-refractivity contribution < 1.29 is 22.4 Å². The number of amides is 1. The molecule has 5 rings (SSSR count). The minimum absolute atomic E-state index is 0.116. The molecule has 10 heteroatoms. The molecule has 36 heavy (non-hydrogen) atoms. The lowest BCUT2D eigenvalue weighted by Crippen LogP contribution is -2.58. The Morgan fingerprint density at radius 1 is 1.19 bits per heavy atom. The van der Waals surface area contributed by atoms with Crippen molar-refractivity contribution in [1.82, 2.24) is 15.6 Å². The lowest BCUT2D eigenvalue weighted by atomic mass is 9.61. The Morgan fingerprint density at radius 3 is 2.64 bits per heavy atom. The van der Waals surface area contributed by atoms with Gasteiger partial charge in [-0.25, -0.2) is 4.39 Å². The first kappa shape index (κ1) is 24.1. The van der Waals surface area contributed by atoms with Crippen molar-refractivity contribution in [2.24, 2.45) is 10.2 Å². The highest BCUT2D eigenvalue weighted by atomic mass is 19.4. The number of nitrogens with zero attached hydrogens (tertiary/aromatic N) is 3. The molecule has 188 valence electrons. The molecule has 3 aliphatic rings. The van der Waals surface area contributed by atoms with Gasteiger partial charge < -0.3 is 10.6 Å². The first-order chi connectivity index (χ1) is 16.9. The Bertz CT molecular complexity index is 1370. The smallest absolute Gasteiger partial charge is 0.362 e. The van der Waals surface area contributed by atoms with E-state index in [9.17, 15) is 22.4 Å². The summed E-state index contributed by atoms with van der Waals surface area (Å²) in [6.45, 7) is 7.16. The fraction of sp³-hybridized carbons (Fsp3) is 0.385. The van der Waals surface area contributed by atoms with Crippen LogP contribution in [0.3, 0.4) is 0 Å². The number of nitrogens with one attached hydrogen (secondary N) is 2. The van der Waals surface area contributed by atoms with Gasteiger partial charge in [-0.15, -0.1) is 5.11 Å². The Morgan fingerprint density at radius 2 is 1.94 bits per heavy atom. The van der Waals surface area contributed by atoms with Crippen molar-refractivity contribution in [2.45, 2.75) is 63.8 Å². The van der Waals surface area contributed by atoms with Crippen LogP contribution >= 0.6 is 0 Å². The van der Waals surface area contributed by atoms with Crippen LogP contribution in [0.25, 0.3) is 11.1 Å². The van der Waals surface area contributed by atoms with Crippen molar-refractivity contribution in [1.29, 1.82) is 0 Å². The Hall–Kier alpha value is -3.56. The maximum atomic E-state index is 14.7. The first-order valence-electron chi connectivity index (χ1n) is 11.7. The van der Waals surface area contributed by atoms with Crippen molar-refractivity contribution in [3.05, 3.63) is 76.1 Å². The van der Waals surface area contributed by atoms with Crippen LogP contribution in [-0.4, -0.2) is 28.8 Å². The second-order valence-corrected chi connectivity index (χ2v) is 10.0. The van der Waals surface area contributed by atoms with Crippen LogP contribution in [0.1, 0.15) is 44.9 Å². The third-order valence-electron chi connectivity index (χ3n) is 7.06. The van der Waals surface area contributed by atoms with Gasteiger partial charge in [0.15, 0.2) is 11.9 Å². The van der Waals surface area contributed by atoms with E-state index < -0.39 is 40.7 Å². The molecule has 1 amide bonds. The van der Waals surface area contributed by atoms with Crippen LogP contribution < -0.4 is 10.6 Å². The highest BCUT2D eigenvalue weighted by molar-refractivity contribution is 6.00. The number of pyridine rings is 1. The van der Waals surface area contributed by atoms with Crippen molar-refractivity contribution >= 4 is 5.91 Å². The number of aryl methyl sites for hydroxylation is 1. The topological polar surface area (TPSA) is 78.7 Å². The Kier molecular flexibility index (Phi) is 5.35. The maximum Gasteiger partial charge on any atom is 0.435 e. The molecular formula is C26H25F4N5O. The number of hydrogen-bond donors (Lipinski definition) is 2. The highest BCUT2D eigenvalue weighted by Crippen LogP contribution is 2.55. The molecular weight excluding hydrogens is 474 g/mol. The van der Waals surface area contributed by atoms with E-state index in [4.69, 9.17) is 0 Å². The van der Waals surface area contributed by atoms with Crippen LogP contribution in [0.15, 0.2) is 69.3 Å². The van der Waals surface area contributed by atoms with E-state index in [2.05, 4.69) is 25.8 Å². The fourth-order valence-corrected chi connectivity index (χ4v) is 5.65. The monoisotopic (exact) mass is 499 g/mol. The largest absolute Gasteiger partial charge is 0.435 e. The number of hydrogen-bond acceptors (Lipinski definition) is 5. The summed E-state index contributed by atoms with van der Waals surface area (Å²) < 4.78 is 57.3. The molecule has 2 aromatic rings. The van der Waals surface area contributed by atoms with Gasteiger partial charge in [-0.2, -0.15) is 18.3 Å². The number of allylic oxidation sites excluding steroid dienone is 1. The number of benzene rings is 1. The Balaban J connectivity index is 1.83. The molecule has 2 N–H and O–H groups in total. The predicted octanol–water partition coefficient (Wildman–Crippen LogP) is 5.61. The van der Waals surface area contributed by atoms with Crippen molar-refractivity contribution in [3.63, 3.8) is 0 Å². The summed E-state index contributed by atoms with van der Waals surface area (Å²) in [4.78, 5) is 17.5. The first-order valence-corrected chi connectivity index (χ1v) is 11.7. The van der Waals surface area contributed by atoms with Gasteiger partial charge in [-0.05, 0) is 50.5 Å². The number of aromatic nitrogens is 1. The molecule has 0 spiro atoms. The molecule has 0 saturated carbocycles. The molecule has 3 aliphatic heterocycles. The summed E-state index contributed by atoms with van der Waals surface area (Å²) in [5, 5.41) is 13.5. The molecule has 0 radical (unpaired) electrons. The van der Waals surface area contributed by atoms with E-state index in [0.29, 0.717) is 28.9 Å². The number of azo groups is 1. The second-order valence-electron chi connectivity index (χ2n) is 10.0. The van der Waals surface area contributed by atoms with Gasteiger partial charge in [0.25, 0.3) is 5.91 Å². The van der Waals surface area contributed by atoms with Gasteiger partial charge in [-0.1, -0.05) is 25.1 Å². The van der Waals surface area contributed by atoms with E-state index in [0.717, 1.165) is 6.20 Å². The average molecular weight is 500 g/mol. The van der Waals surface area contributed by atoms with E-state index >= 15 is 0 Å². The predicted molar refractivity (Wildman–Crippen MR) is 125 cm³/mol. The summed E-state index contributed by atoms with van der Waals surface area (Å²) in [6.07, 6.45) is -4.20. The van der Waals surface area contributed by atoms with Crippen molar-refractivity contribution in [3.8, 4) is 11.1 Å². The van der Waals surface area contributed by atoms with E-state index in [1.54, 1.807) is 44.2 Å². The quantitative estimate of drug-likeness (QED) is 0.539. The van der Waals surface area contributed by atoms with Crippen LogP contribution in [-0.2, 0) is 10.2 Å². The van der Waals surface area contributed by atoms with E-state index in [1.165, 1.54) is 0 Å². The molecule has 0 aliphatic carbocycles. The molecule has 1 aromatic heterocycles. The number of alkyl halides is 3. The van der Waals surface area contributed by atoms with Crippen molar-refractivity contribution in [2.75, 3.05) is 0 Å². The molecule has 0 saturated heterocycles. The van der Waals surface area contributed by atoms with Gasteiger partial charge in [0.05, 0.1) is 17.2 Å². The lowest BCUT2D eigenvalue weighted by molar-refractivity contribution is -0.120. The number of rotatable bonds is 3. The SMILES string of the molecule is CCC1(c2cccc(-c3cc(C)ncc3F)c2)C2=C(CC(C)(C)NC2=O)NC2N=NC(C(F)(F)F)=C21. The zero-order valence-corrected chi connectivity index (χ0v) is 20.2. The van der Waals surface area contributed by atoms with Gasteiger partial charge in [0.1, 0.15) is 5.82 Å². The maximum absolute atomic E-state index is 14.7.